The maximum atomic E-state index is 12.3. The molecule has 7 nitrogen and oxygen atoms in total. The monoisotopic (exact) mass is 402 g/mol. The first-order valence-electron chi connectivity index (χ1n) is 8.55. The third kappa shape index (κ3) is 5.75. The molecule has 0 spiro atoms. The van der Waals surface area contributed by atoms with Gasteiger partial charge >= 0.3 is 5.97 Å². The Morgan fingerprint density at radius 2 is 1.89 bits per heavy atom. The molecule has 0 saturated heterocycles. The summed E-state index contributed by atoms with van der Waals surface area (Å²) in [5.74, 6) is -1.02. The Morgan fingerprint density at radius 3 is 2.57 bits per heavy atom. The van der Waals surface area contributed by atoms with Crippen LogP contribution in [0.2, 0.25) is 0 Å². The average molecular weight is 402 g/mol. The second-order valence-corrected chi connectivity index (χ2v) is 6.51. The second-order valence-electron chi connectivity index (χ2n) is 5.63. The van der Waals surface area contributed by atoms with Crippen LogP contribution >= 0.6 is 11.8 Å². The van der Waals surface area contributed by atoms with Crippen LogP contribution in [0.15, 0.2) is 47.4 Å². The normalized spacial score (nSPS) is 10.1. The Morgan fingerprint density at radius 1 is 1.11 bits per heavy atom. The molecule has 8 heteroatoms. The summed E-state index contributed by atoms with van der Waals surface area (Å²) in [6.07, 6.45) is 1.91. The van der Waals surface area contributed by atoms with Crippen LogP contribution in [0.25, 0.3) is 0 Å². The van der Waals surface area contributed by atoms with E-state index in [2.05, 4.69) is 10.6 Å². The van der Waals surface area contributed by atoms with E-state index in [0.29, 0.717) is 23.5 Å². The number of methoxy groups -OCH3 is 1. The van der Waals surface area contributed by atoms with Gasteiger partial charge < -0.3 is 20.1 Å². The van der Waals surface area contributed by atoms with Crippen molar-refractivity contribution in [1.82, 2.24) is 5.32 Å². The molecule has 0 aliphatic heterocycles. The van der Waals surface area contributed by atoms with Crippen molar-refractivity contribution in [2.24, 2.45) is 0 Å². The summed E-state index contributed by atoms with van der Waals surface area (Å²) in [7, 11) is 1.46. The molecule has 2 amide bonds. The van der Waals surface area contributed by atoms with Crippen LogP contribution in [0.5, 0.6) is 5.75 Å². The predicted octanol–water partition coefficient (Wildman–Crippen LogP) is 2.96. The first kappa shape index (κ1) is 21.3. The fourth-order valence-electron chi connectivity index (χ4n) is 2.37. The third-order valence-corrected chi connectivity index (χ3v) is 4.43. The lowest BCUT2D eigenvalue weighted by atomic mass is 10.2. The topological polar surface area (TPSA) is 93.7 Å². The van der Waals surface area contributed by atoms with Gasteiger partial charge in [-0.2, -0.15) is 0 Å². The Kier molecular flexibility index (Phi) is 7.88. The number of carbonyl (C=O) groups excluding carboxylic acids is 3. The van der Waals surface area contributed by atoms with Crippen molar-refractivity contribution in [3.63, 3.8) is 0 Å². The molecule has 0 fully saturated rings. The average Bonchev–Trinajstić information content (AvgIpc) is 2.71. The first-order chi connectivity index (χ1) is 13.5. The van der Waals surface area contributed by atoms with Crippen molar-refractivity contribution >= 4 is 35.2 Å². The maximum Gasteiger partial charge on any atom is 0.342 e. The highest BCUT2D eigenvalue weighted by Crippen LogP contribution is 2.25. The van der Waals surface area contributed by atoms with Crippen LogP contribution in [-0.2, 0) is 9.53 Å². The van der Waals surface area contributed by atoms with Crippen molar-refractivity contribution in [2.75, 3.05) is 31.8 Å². The second kappa shape index (κ2) is 10.4. The molecule has 2 aromatic rings. The zero-order valence-corrected chi connectivity index (χ0v) is 16.7. The molecule has 2 N–H and O–H groups in total. The van der Waals surface area contributed by atoms with Crippen LogP contribution in [0.3, 0.4) is 0 Å². The summed E-state index contributed by atoms with van der Waals surface area (Å²) in [5, 5.41) is 5.29. The van der Waals surface area contributed by atoms with Crippen LogP contribution in [-0.4, -0.2) is 44.3 Å². The SMILES string of the molecule is CCNC(=O)c1cccc(NC(=O)COC(=O)c2ccc(SC)cc2OC)c1. The molecular formula is C20H22N2O5S. The van der Waals surface area contributed by atoms with E-state index in [1.807, 2.05) is 13.2 Å². The number of nitrogens with one attached hydrogen (secondary N) is 2. The molecule has 28 heavy (non-hydrogen) atoms. The van der Waals surface area contributed by atoms with Crippen LogP contribution in [0.1, 0.15) is 27.6 Å². The van der Waals surface area contributed by atoms with Gasteiger partial charge in [0.1, 0.15) is 11.3 Å². The lowest BCUT2D eigenvalue weighted by molar-refractivity contribution is -0.119. The molecule has 0 bridgehead atoms. The molecule has 0 unspecified atom stereocenters. The first-order valence-corrected chi connectivity index (χ1v) is 9.78. The number of hydrogen-bond donors (Lipinski definition) is 2. The van der Waals surface area contributed by atoms with Crippen LogP contribution < -0.4 is 15.4 Å². The van der Waals surface area contributed by atoms with Gasteiger partial charge in [-0.25, -0.2) is 4.79 Å². The van der Waals surface area contributed by atoms with E-state index < -0.39 is 18.5 Å². The van der Waals surface area contributed by atoms with Gasteiger partial charge in [0, 0.05) is 22.7 Å². The van der Waals surface area contributed by atoms with Crippen LogP contribution in [0.4, 0.5) is 5.69 Å². The molecule has 0 aliphatic carbocycles. The van der Waals surface area contributed by atoms with E-state index in [1.54, 1.807) is 42.5 Å². The minimum Gasteiger partial charge on any atom is -0.496 e. The number of thioether (sulfide) groups is 1. The van der Waals surface area contributed by atoms with Gasteiger partial charge in [-0.3, -0.25) is 9.59 Å². The fraction of sp³-hybridized carbons (Fsp3) is 0.250. The molecule has 0 heterocycles. The van der Waals surface area contributed by atoms with Crippen LogP contribution in [0, 0.1) is 0 Å². The van der Waals surface area contributed by atoms with E-state index in [-0.39, 0.29) is 11.5 Å². The molecule has 2 aromatic carbocycles. The minimum atomic E-state index is -0.657. The molecule has 0 saturated carbocycles. The Labute approximate surface area is 167 Å². The van der Waals surface area contributed by atoms with Gasteiger partial charge in [-0.15, -0.1) is 11.8 Å². The van der Waals surface area contributed by atoms with E-state index in [4.69, 9.17) is 9.47 Å². The molecule has 0 atom stereocenters. The molecule has 148 valence electrons. The number of rotatable bonds is 8. The zero-order valence-electron chi connectivity index (χ0n) is 15.9. The van der Waals surface area contributed by atoms with Gasteiger partial charge in [0.2, 0.25) is 0 Å². The van der Waals surface area contributed by atoms with E-state index in [1.165, 1.54) is 18.9 Å². The van der Waals surface area contributed by atoms with Crippen molar-refractivity contribution < 1.29 is 23.9 Å². The number of hydrogen-bond acceptors (Lipinski definition) is 6. The lowest BCUT2D eigenvalue weighted by Crippen LogP contribution is -2.23. The highest BCUT2D eigenvalue weighted by Gasteiger charge is 2.16. The van der Waals surface area contributed by atoms with E-state index in [0.717, 1.165) is 4.90 Å². The smallest absolute Gasteiger partial charge is 0.342 e. The number of anilines is 1. The Balaban J connectivity index is 1.96. The quantitative estimate of drug-likeness (QED) is 0.521. The minimum absolute atomic E-state index is 0.231. The zero-order chi connectivity index (χ0) is 20.5. The highest BCUT2D eigenvalue weighted by molar-refractivity contribution is 7.98. The van der Waals surface area contributed by atoms with Gasteiger partial charge in [-0.1, -0.05) is 6.07 Å². The number of benzene rings is 2. The Hall–Kier alpha value is -3.00. The van der Waals surface area contributed by atoms with Crippen molar-refractivity contribution in [1.29, 1.82) is 0 Å². The van der Waals surface area contributed by atoms with Gasteiger partial charge in [0.05, 0.1) is 7.11 Å². The lowest BCUT2D eigenvalue weighted by Gasteiger charge is -2.11. The third-order valence-electron chi connectivity index (χ3n) is 3.71. The molecular weight excluding hydrogens is 380 g/mol. The summed E-state index contributed by atoms with van der Waals surface area (Å²) in [4.78, 5) is 37.1. The number of carbonyl (C=O) groups is 3. The summed E-state index contributed by atoms with van der Waals surface area (Å²) in [6, 6.07) is 11.6. The number of amides is 2. The fourth-order valence-corrected chi connectivity index (χ4v) is 2.80. The predicted molar refractivity (Wildman–Crippen MR) is 108 cm³/mol. The Bertz CT molecular complexity index is 869. The van der Waals surface area contributed by atoms with E-state index >= 15 is 0 Å². The van der Waals surface area contributed by atoms with Crippen molar-refractivity contribution in [3.05, 3.63) is 53.6 Å². The molecule has 2 rings (SSSR count). The molecule has 0 aliphatic rings. The van der Waals surface area contributed by atoms with Crippen molar-refractivity contribution in [3.8, 4) is 5.75 Å². The molecule has 0 aromatic heterocycles. The van der Waals surface area contributed by atoms with Crippen molar-refractivity contribution in [2.45, 2.75) is 11.8 Å². The van der Waals surface area contributed by atoms with Gasteiger partial charge in [0.15, 0.2) is 6.61 Å². The molecule has 0 radical (unpaired) electrons. The highest BCUT2D eigenvalue weighted by atomic mass is 32.2. The maximum absolute atomic E-state index is 12.3. The van der Waals surface area contributed by atoms with Gasteiger partial charge in [0.25, 0.3) is 11.8 Å². The summed E-state index contributed by atoms with van der Waals surface area (Å²) in [6.45, 7) is 1.87. The van der Waals surface area contributed by atoms with Gasteiger partial charge in [-0.05, 0) is 49.6 Å². The summed E-state index contributed by atoms with van der Waals surface area (Å²) >= 11 is 1.52. The summed E-state index contributed by atoms with van der Waals surface area (Å²) < 4.78 is 10.3. The standard InChI is InChI=1S/C20H22N2O5S/c1-4-21-19(24)13-6-5-7-14(10-13)22-18(23)12-27-20(25)16-9-8-15(28-3)11-17(16)26-2/h5-11H,4,12H2,1-3H3,(H,21,24)(H,22,23). The number of esters is 1. The summed E-state index contributed by atoms with van der Waals surface area (Å²) in [5.41, 5.74) is 1.10. The van der Waals surface area contributed by atoms with E-state index in [9.17, 15) is 14.4 Å². The number of ether oxygens (including phenoxy) is 2. The largest absolute Gasteiger partial charge is 0.496 e.